The maximum atomic E-state index is 13.2. The Morgan fingerprint density at radius 1 is 1.47 bits per heavy atom. The van der Waals surface area contributed by atoms with Crippen molar-refractivity contribution in [2.24, 2.45) is 5.73 Å². The summed E-state index contributed by atoms with van der Waals surface area (Å²) in [6.45, 7) is 2.00. The number of nitrogens with two attached hydrogens (primary N) is 1. The normalized spacial score (nSPS) is 12.2. The van der Waals surface area contributed by atoms with Crippen molar-refractivity contribution in [1.29, 1.82) is 0 Å². The largest absolute Gasteiger partial charge is 0.356 e. The first-order valence-corrected chi connectivity index (χ1v) is 5.45. The van der Waals surface area contributed by atoms with E-state index in [2.05, 4.69) is 5.32 Å². The third-order valence-corrected chi connectivity index (χ3v) is 2.23. The summed E-state index contributed by atoms with van der Waals surface area (Å²) < 4.78 is 26.0. The van der Waals surface area contributed by atoms with Crippen LogP contribution in [0.1, 0.15) is 18.9 Å². The third-order valence-electron chi connectivity index (χ3n) is 2.23. The lowest BCUT2D eigenvalue weighted by Crippen LogP contribution is -2.31. The summed E-state index contributed by atoms with van der Waals surface area (Å²) in [6, 6.07) is 3.07. The van der Waals surface area contributed by atoms with E-state index in [-0.39, 0.29) is 36.9 Å². The number of hydrogen-bond donors (Lipinski definition) is 2. The number of halogens is 2. The van der Waals surface area contributed by atoms with Crippen LogP contribution in [0.2, 0.25) is 0 Å². The highest BCUT2D eigenvalue weighted by molar-refractivity contribution is 5.76. The Morgan fingerprint density at radius 2 is 2.18 bits per heavy atom. The molecule has 5 heteroatoms. The Balaban J connectivity index is 2.40. The topological polar surface area (TPSA) is 55.1 Å². The summed E-state index contributed by atoms with van der Waals surface area (Å²) in [5.74, 6) is -1.13. The lowest BCUT2D eigenvalue weighted by molar-refractivity contribution is -0.121. The van der Waals surface area contributed by atoms with Gasteiger partial charge < -0.3 is 11.1 Å². The SMILES string of the molecule is CC(N)CC(=O)NCCc1cc(F)ccc1F. The molecule has 0 aliphatic heterocycles. The summed E-state index contributed by atoms with van der Waals surface area (Å²) in [5.41, 5.74) is 5.71. The van der Waals surface area contributed by atoms with Crippen LogP contribution >= 0.6 is 0 Å². The van der Waals surface area contributed by atoms with Crippen molar-refractivity contribution in [1.82, 2.24) is 5.32 Å². The fourth-order valence-electron chi connectivity index (χ4n) is 1.44. The molecule has 3 N–H and O–H groups in total. The number of rotatable bonds is 5. The maximum absolute atomic E-state index is 13.2. The zero-order valence-electron chi connectivity index (χ0n) is 9.67. The number of amides is 1. The molecular formula is C12H16F2N2O. The fourth-order valence-corrected chi connectivity index (χ4v) is 1.44. The second kappa shape index (κ2) is 6.30. The Labute approximate surface area is 99.0 Å². The van der Waals surface area contributed by atoms with Gasteiger partial charge in [0.2, 0.25) is 5.91 Å². The summed E-state index contributed by atoms with van der Waals surface area (Å²) in [4.78, 5) is 11.2. The predicted molar refractivity (Wildman–Crippen MR) is 61.3 cm³/mol. The van der Waals surface area contributed by atoms with Crippen LogP contribution in [0.4, 0.5) is 8.78 Å². The molecule has 1 atom stereocenters. The van der Waals surface area contributed by atoms with Crippen molar-refractivity contribution in [2.45, 2.75) is 25.8 Å². The Hall–Kier alpha value is -1.49. The highest BCUT2D eigenvalue weighted by atomic mass is 19.1. The molecule has 94 valence electrons. The zero-order valence-corrected chi connectivity index (χ0v) is 9.67. The van der Waals surface area contributed by atoms with Crippen LogP contribution < -0.4 is 11.1 Å². The monoisotopic (exact) mass is 242 g/mol. The molecule has 0 radical (unpaired) electrons. The first-order chi connectivity index (χ1) is 7.99. The molecule has 3 nitrogen and oxygen atoms in total. The third kappa shape index (κ3) is 4.91. The first-order valence-electron chi connectivity index (χ1n) is 5.45. The molecule has 1 aromatic carbocycles. The molecule has 0 aliphatic rings. The molecule has 0 spiro atoms. The van der Waals surface area contributed by atoms with E-state index in [1.54, 1.807) is 6.92 Å². The second-order valence-electron chi connectivity index (χ2n) is 4.02. The van der Waals surface area contributed by atoms with Gasteiger partial charge in [0, 0.05) is 19.0 Å². The van der Waals surface area contributed by atoms with Crippen LogP contribution in [0.15, 0.2) is 18.2 Å². The summed E-state index contributed by atoms with van der Waals surface area (Å²) >= 11 is 0. The fraction of sp³-hybridized carbons (Fsp3) is 0.417. The second-order valence-corrected chi connectivity index (χ2v) is 4.02. The molecule has 0 bridgehead atoms. The minimum atomic E-state index is -0.483. The Kier molecular flexibility index (Phi) is 5.03. The first kappa shape index (κ1) is 13.6. The van der Waals surface area contributed by atoms with Gasteiger partial charge in [0.15, 0.2) is 0 Å². The van der Waals surface area contributed by atoms with Crippen LogP contribution in [0.25, 0.3) is 0 Å². The van der Waals surface area contributed by atoms with Gasteiger partial charge in [-0.1, -0.05) is 0 Å². The van der Waals surface area contributed by atoms with Gasteiger partial charge in [-0.15, -0.1) is 0 Å². The van der Waals surface area contributed by atoms with Gasteiger partial charge in [-0.25, -0.2) is 8.78 Å². The van der Waals surface area contributed by atoms with Gasteiger partial charge in [0.1, 0.15) is 11.6 Å². The summed E-state index contributed by atoms with van der Waals surface area (Å²) in [5, 5.41) is 2.60. The highest BCUT2D eigenvalue weighted by Gasteiger charge is 2.06. The lowest BCUT2D eigenvalue weighted by atomic mass is 10.1. The lowest BCUT2D eigenvalue weighted by Gasteiger charge is -2.07. The minimum Gasteiger partial charge on any atom is -0.356 e. The van der Waals surface area contributed by atoms with E-state index >= 15 is 0 Å². The molecular weight excluding hydrogens is 226 g/mol. The van der Waals surface area contributed by atoms with E-state index in [1.807, 2.05) is 0 Å². The van der Waals surface area contributed by atoms with Crippen molar-refractivity contribution in [3.8, 4) is 0 Å². The molecule has 0 fully saturated rings. The van der Waals surface area contributed by atoms with E-state index in [4.69, 9.17) is 5.73 Å². The van der Waals surface area contributed by atoms with Crippen molar-refractivity contribution >= 4 is 5.91 Å². The predicted octanol–water partition coefficient (Wildman–Crippen LogP) is 1.36. The quantitative estimate of drug-likeness (QED) is 0.819. The number of hydrogen-bond acceptors (Lipinski definition) is 2. The van der Waals surface area contributed by atoms with Crippen LogP contribution in [-0.4, -0.2) is 18.5 Å². The van der Waals surface area contributed by atoms with E-state index in [9.17, 15) is 13.6 Å². The van der Waals surface area contributed by atoms with Crippen molar-refractivity contribution in [3.63, 3.8) is 0 Å². The molecule has 1 amide bonds. The van der Waals surface area contributed by atoms with E-state index < -0.39 is 11.6 Å². The Bertz CT molecular complexity index is 394. The van der Waals surface area contributed by atoms with Gasteiger partial charge in [0.05, 0.1) is 0 Å². The standard InChI is InChI=1S/C12H16F2N2O/c1-8(15)6-12(17)16-5-4-9-7-10(13)2-3-11(9)14/h2-3,7-8H,4-6,15H2,1H3,(H,16,17). The van der Waals surface area contributed by atoms with Gasteiger partial charge in [-0.05, 0) is 37.1 Å². The van der Waals surface area contributed by atoms with Gasteiger partial charge in [-0.2, -0.15) is 0 Å². The molecule has 1 aromatic rings. The molecule has 0 saturated carbocycles. The number of nitrogens with one attached hydrogen (secondary N) is 1. The van der Waals surface area contributed by atoms with Crippen LogP contribution in [0.3, 0.4) is 0 Å². The molecule has 0 aliphatic carbocycles. The average Bonchev–Trinajstić information content (AvgIpc) is 2.22. The number of benzene rings is 1. The summed E-state index contributed by atoms with van der Waals surface area (Å²) in [6.07, 6.45) is 0.486. The maximum Gasteiger partial charge on any atom is 0.221 e. The minimum absolute atomic E-state index is 0.184. The van der Waals surface area contributed by atoms with Crippen LogP contribution in [-0.2, 0) is 11.2 Å². The van der Waals surface area contributed by atoms with Crippen molar-refractivity contribution < 1.29 is 13.6 Å². The number of carbonyl (C=O) groups excluding carboxylic acids is 1. The summed E-state index contributed by atoms with van der Waals surface area (Å²) in [7, 11) is 0. The van der Waals surface area contributed by atoms with E-state index in [1.165, 1.54) is 0 Å². The van der Waals surface area contributed by atoms with Crippen LogP contribution in [0.5, 0.6) is 0 Å². The van der Waals surface area contributed by atoms with Gasteiger partial charge >= 0.3 is 0 Å². The highest BCUT2D eigenvalue weighted by Crippen LogP contribution is 2.09. The van der Waals surface area contributed by atoms with E-state index in [0.29, 0.717) is 0 Å². The number of carbonyl (C=O) groups is 1. The van der Waals surface area contributed by atoms with E-state index in [0.717, 1.165) is 18.2 Å². The van der Waals surface area contributed by atoms with Crippen molar-refractivity contribution in [2.75, 3.05) is 6.54 Å². The van der Waals surface area contributed by atoms with Gasteiger partial charge in [0.25, 0.3) is 0 Å². The van der Waals surface area contributed by atoms with Gasteiger partial charge in [-0.3, -0.25) is 4.79 Å². The van der Waals surface area contributed by atoms with Crippen molar-refractivity contribution in [3.05, 3.63) is 35.4 Å². The molecule has 17 heavy (non-hydrogen) atoms. The zero-order chi connectivity index (χ0) is 12.8. The van der Waals surface area contributed by atoms with Crippen LogP contribution in [0, 0.1) is 11.6 Å². The molecule has 0 aromatic heterocycles. The smallest absolute Gasteiger partial charge is 0.221 e. The molecule has 1 unspecified atom stereocenters. The average molecular weight is 242 g/mol. The molecule has 0 heterocycles. The Morgan fingerprint density at radius 3 is 2.82 bits per heavy atom. The molecule has 1 rings (SSSR count). The molecule has 0 saturated heterocycles.